The molecular formula is C23H21NO4S. The Labute approximate surface area is 172 Å². The first-order valence-corrected chi connectivity index (χ1v) is 10.3. The molecule has 1 N–H and O–H groups in total. The molecule has 148 valence electrons. The number of ketones is 1. The molecule has 1 aromatic heterocycles. The predicted molar refractivity (Wildman–Crippen MR) is 114 cm³/mol. The molecule has 29 heavy (non-hydrogen) atoms. The minimum absolute atomic E-state index is 0.132. The van der Waals surface area contributed by atoms with E-state index in [9.17, 15) is 14.7 Å². The number of likely N-dealkylation sites (tertiary alicyclic amines) is 1. The van der Waals surface area contributed by atoms with E-state index < -0.39 is 17.7 Å². The summed E-state index contributed by atoms with van der Waals surface area (Å²) in [5.74, 6) is -1.36. The largest absolute Gasteiger partial charge is 0.507 e. The maximum Gasteiger partial charge on any atom is 0.295 e. The monoisotopic (exact) mass is 407 g/mol. The Morgan fingerprint density at radius 2 is 1.90 bits per heavy atom. The second kappa shape index (κ2) is 8.19. The molecule has 1 unspecified atom stereocenters. The van der Waals surface area contributed by atoms with E-state index in [2.05, 4.69) is 0 Å². The third-order valence-electron chi connectivity index (χ3n) is 5.14. The van der Waals surface area contributed by atoms with E-state index >= 15 is 0 Å². The molecule has 0 aliphatic carbocycles. The van der Waals surface area contributed by atoms with Crippen molar-refractivity contribution in [1.82, 2.24) is 4.90 Å². The van der Waals surface area contributed by atoms with Crippen LogP contribution in [0.3, 0.4) is 0 Å². The predicted octanol–water partition coefficient (Wildman–Crippen LogP) is 4.36. The average Bonchev–Trinajstić information content (AvgIpc) is 3.35. The summed E-state index contributed by atoms with van der Waals surface area (Å²) in [4.78, 5) is 28.2. The number of hydrogen-bond donors (Lipinski definition) is 1. The summed E-state index contributed by atoms with van der Waals surface area (Å²) in [5, 5.41) is 14.9. The smallest absolute Gasteiger partial charge is 0.295 e. The highest BCUT2D eigenvalue weighted by atomic mass is 32.1. The van der Waals surface area contributed by atoms with Crippen molar-refractivity contribution in [3.8, 4) is 0 Å². The first-order chi connectivity index (χ1) is 14.1. The Morgan fingerprint density at radius 1 is 1.10 bits per heavy atom. The SMILES string of the molecule is COCCCN1C(=O)C(=O)/C(=C(\O)c2cccc3ccccc23)C1c1cccs1. The molecule has 5 nitrogen and oxygen atoms in total. The fraction of sp³-hybridized carbons (Fsp3) is 0.217. The Kier molecular flexibility index (Phi) is 5.47. The van der Waals surface area contributed by atoms with Crippen LogP contribution in [0.5, 0.6) is 0 Å². The van der Waals surface area contributed by atoms with Crippen molar-refractivity contribution in [2.24, 2.45) is 0 Å². The first-order valence-electron chi connectivity index (χ1n) is 9.42. The molecule has 0 radical (unpaired) electrons. The maximum absolute atomic E-state index is 13.0. The van der Waals surface area contributed by atoms with Crippen LogP contribution in [-0.2, 0) is 14.3 Å². The Balaban J connectivity index is 1.87. The van der Waals surface area contributed by atoms with Gasteiger partial charge in [-0.3, -0.25) is 9.59 Å². The Morgan fingerprint density at radius 3 is 2.66 bits per heavy atom. The highest BCUT2D eigenvalue weighted by Gasteiger charge is 2.46. The van der Waals surface area contributed by atoms with Crippen molar-refractivity contribution in [3.63, 3.8) is 0 Å². The van der Waals surface area contributed by atoms with Crippen LogP contribution >= 0.6 is 11.3 Å². The van der Waals surface area contributed by atoms with Gasteiger partial charge in [-0.1, -0.05) is 48.5 Å². The molecule has 0 spiro atoms. The number of Topliss-reactive ketones (excluding diaryl/α,β-unsaturated/α-hetero) is 1. The number of hydrogen-bond acceptors (Lipinski definition) is 5. The summed E-state index contributed by atoms with van der Waals surface area (Å²) in [6, 6.07) is 16.4. The number of aliphatic hydroxyl groups is 1. The second-order valence-electron chi connectivity index (χ2n) is 6.88. The standard InChI is InChI=1S/C23H21NO4S/c1-28-13-6-12-24-20(18-11-5-14-29-18)19(22(26)23(24)27)21(25)17-10-4-8-15-7-2-3-9-16(15)17/h2-5,7-11,14,20,25H,6,12-13H2,1H3/b21-19-. The van der Waals surface area contributed by atoms with E-state index in [0.717, 1.165) is 15.6 Å². The number of nitrogens with zero attached hydrogens (tertiary/aromatic N) is 1. The fourth-order valence-electron chi connectivity index (χ4n) is 3.81. The molecule has 6 heteroatoms. The van der Waals surface area contributed by atoms with E-state index in [0.29, 0.717) is 25.1 Å². The Bertz CT molecular complexity index is 1080. The molecule has 0 saturated carbocycles. The van der Waals surface area contributed by atoms with E-state index in [4.69, 9.17) is 4.74 Å². The number of methoxy groups -OCH3 is 1. The number of carbonyl (C=O) groups excluding carboxylic acids is 2. The summed E-state index contributed by atoms with van der Waals surface area (Å²) in [6.45, 7) is 0.872. The Hall–Kier alpha value is -2.96. The second-order valence-corrected chi connectivity index (χ2v) is 7.86. The lowest BCUT2D eigenvalue weighted by atomic mass is 9.96. The molecule has 1 fully saturated rings. The zero-order valence-electron chi connectivity index (χ0n) is 16.0. The van der Waals surface area contributed by atoms with Crippen molar-refractivity contribution in [1.29, 1.82) is 0 Å². The number of rotatable bonds is 6. The van der Waals surface area contributed by atoms with Gasteiger partial charge in [-0.2, -0.15) is 0 Å². The van der Waals surface area contributed by atoms with Crippen molar-refractivity contribution in [2.75, 3.05) is 20.3 Å². The van der Waals surface area contributed by atoms with Crippen LogP contribution in [0, 0.1) is 0 Å². The lowest BCUT2D eigenvalue weighted by molar-refractivity contribution is -0.140. The van der Waals surface area contributed by atoms with Crippen molar-refractivity contribution in [2.45, 2.75) is 12.5 Å². The third kappa shape index (κ3) is 3.45. The van der Waals surface area contributed by atoms with Gasteiger partial charge in [0.2, 0.25) is 0 Å². The molecule has 4 rings (SSSR count). The van der Waals surface area contributed by atoms with Gasteiger partial charge in [-0.15, -0.1) is 11.3 Å². The number of thiophene rings is 1. The summed E-state index contributed by atoms with van der Waals surface area (Å²) in [7, 11) is 1.60. The van der Waals surface area contributed by atoms with E-state index in [-0.39, 0.29) is 11.3 Å². The van der Waals surface area contributed by atoms with Gasteiger partial charge in [-0.25, -0.2) is 0 Å². The normalized spacial score (nSPS) is 18.7. The van der Waals surface area contributed by atoms with Crippen LogP contribution in [-0.4, -0.2) is 42.0 Å². The molecule has 2 heterocycles. The van der Waals surface area contributed by atoms with Gasteiger partial charge in [-0.05, 0) is 28.6 Å². The third-order valence-corrected chi connectivity index (χ3v) is 6.07. The van der Waals surface area contributed by atoms with Crippen LogP contribution in [0.2, 0.25) is 0 Å². The van der Waals surface area contributed by atoms with Gasteiger partial charge in [0.25, 0.3) is 11.7 Å². The quantitative estimate of drug-likeness (QED) is 0.285. The van der Waals surface area contributed by atoms with Gasteiger partial charge in [0.05, 0.1) is 11.6 Å². The summed E-state index contributed by atoms with van der Waals surface area (Å²) < 4.78 is 5.10. The number of aliphatic hydroxyl groups excluding tert-OH is 1. The molecule has 0 bridgehead atoms. The van der Waals surface area contributed by atoms with E-state index in [1.54, 1.807) is 18.1 Å². The molecule has 1 atom stereocenters. The van der Waals surface area contributed by atoms with Crippen LogP contribution in [0.25, 0.3) is 16.5 Å². The summed E-state index contributed by atoms with van der Waals surface area (Å²) >= 11 is 1.46. The molecular weight excluding hydrogens is 386 g/mol. The first kappa shape index (κ1) is 19.4. The van der Waals surface area contributed by atoms with Crippen LogP contribution in [0.1, 0.15) is 22.9 Å². The van der Waals surface area contributed by atoms with Gasteiger partial charge in [0.1, 0.15) is 5.76 Å². The maximum atomic E-state index is 13.0. The number of fused-ring (bicyclic) bond motifs is 1. The van der Waals surface area contributed by atoms with Crippen molar-refractivity contribution < 1.29 is 19.4 Å². The molecule has 2 aromatic carbocycles. The van der Waals surface area contributed by atoms with Gasteiger partial charge < -0.3 is 14.7 Å². The molecule has 1 saturated heterocycles. The minimum Gasteiger partial charge on any atom is -0.507 e. The topological polar surface area (TPSA) is 66.8 Å². The van der Waals surface area contributed by atoms with E-state index in [1.165, 1.54) is 11.3 Å². The van der Waals surface area contributed by atoms with Gasteiger partial charge >= 0.3 is 0 Å². The van der Waals surface area contributed by atoms with Crippen molar-refractivity contribution >= 4 is 39.6 Å². The van der Waals surface area contributed by atoms with Crippen LogP contribution in [0.4, 0.5) is 0 Å². The molecule has 1 aliphatic heterocycles. The number of benzene rings is 2. The van der Waals surface area contributed by atoms with Gasteiger partial charge in [0.15, 0.2) is 0 Å². The summed E-state index contributed by atoms with van der Waals surface area (Å²) in [5.41, 5.74) is 0.700. The highest BCUT2D eigenvalue weighted by molar-refractivity contribution is 7.10. The molecule has 1 amide bonds. The number of amides is 1. The van der Waals surface area contributed by atoms with Crippen LogP contribution < -0.4 is 0 Å². The number of carbonyl (C=O) groups is 2. The van der Waals surface area contributed by atoms with E-state index in [1.807, 2.05) is 53.9 Å². The van der Waals surface area contributed by atoms with Crippen LogP contribution in [0.15, 0.2) is 65.6 Å². The molecule has 1 aliphatic rings. The fourth-order valence-corrected chi connectivity index (χ4v) is 4.65. The number of ether oxygens (including phenoxy) is 1. The average molecular weight is 407 g/mol. The molecule has 3 aromatic rings. The highest BCUT2D eigenvalue weighted by Crippen LogP contribution is 2.41. The zero-order valence-corrected chi connectivity index (χ0v) is 16.8. The zero-order chi connectivity index (χ0) is 20.4. The van der Waals surface area contributed by atoms with Crippen molar-refractivity contribution in [3.05, 3.63) is 76.0 Å². The van der Waals surface area contributed by atoms with Gasteiger partial charge in [0, 0.05) is 30.7 Å². The lowest BCUT2D eigenvalue weighted by Gasteiger charge is -2.24. The summed E-state index contributed by atoms with van der Waals surface area (Å²) in [6.07, 6.45) is 0.611. The lowest BCUT2D eigenvalue weighted by Crippen LogP contribution is -2.31. The minimum atomic E-state index is -0.647.